The van der Waals surface area contributed by atoms with Crippen molar-refractivity contribution in [2.75, 3.05) is 12.3 Å². The Morgan fingerprint density at radius 3 is 2.42 bits per heavy atom. The van der Waals surface area contributed by atoms with E-state index in [4.69, 9.17) is 0 Å². The number of carbonyl (C=O) groups is 2. The van der Waals surface area contributed by atoms with Crippen LogP contribution in [-0.4, -0.2) is 48.4 Å². The number of hydrogen-bond acceptors (Lipinski definition) is 6. The third-order valence-corrected chi connectivity index (χ3v) is 10.1. The third-order valence-electron chi connectivity index (χ3n) is 6.09. The fourth-order valence-electron chi connectivity index (χ4n) is 3.92. The first-order valence-electron chi connectivity index (χ1n) is 10.9. The molecule has 33 heavy (non-hydrogen) atoms. The van der Waals surface area contributed by atoms with Crippen LogP contribution < -0.4 is 10.6 Å². The second kappa shape index (κ2) is 10.7. The predicted octanol–water partition coefficient (Wildman–Crippen LogP) is 2.99. The molecule has 0 bridgehead atoms. The first-order chi connectivity index (χ1) is 15.7. The van der Waals surface area contributed by atoms with Gasteiger partial charge in [0.05, 0.1) is 4.90 Å². The zero-order chi connectivity index (χ0) is 24.1. The molecule has 1 aliphatic heterocycles. The smallest absolute Gasteiger partial charge is 0.319 e. The van der Waals surface area contributed by atoms with Crippen LogP contribution in [0.5, 0.6) is 0 Å². The van der Waals surface area contributed by atoms with Crippen molar-refractivity contribution in [1.29, 1.82) is 0 Å². The number of aryl methyl sites for hydroxylation is 2. The lowest BCUT2D eigenvalue weighted by Crippen LogP contribution is -2.60. The van der Waals surface area contributed by atoms with Crippen LogP contribution in [0.15, 0.2) is 59.5 Å². The average molecular weight is 491 g/mol. The Kier molecular flexibility index (Phi) is 8.20. The largest absolute Gasteiger partial charge is 0.480 e. The predicted molar refractivity (Wildman–Crippen MR) is 130 cm³/mol. The Morgan fingerprint density at radius 1 is 1.15 bits per heavy atom. The highest BCUT2D eigenvalue weighted by molar-refractivity contribution is 8.13. The quantitative estimate of drug-likeness (QED) is 0.463. The summed E-state index contributed by atoms with van der Waals surface area (Å²) in [6, 6.07) is 16.0. The van der Waals surface area contributed by atoms with E-state index >= 15 is 0 Å². The van der Waals surface area contributed by atoms with Gasteiger partial charge in [0, 0.05) is 12.3 Å². The van der Waals surface area contributed by atoms with E-state index in [0.717, 1.165) is 11.1 Å². The molecule has 0 saturated carbocycles. The van der Waals surface area contributed by atoms with E-state index in [1.807, 2.05) is 37.3 Å². The monoisotopic (exact) mass is 490 g/mol. The zero-order valence-electron chi connectivity index (χ0n) is 18.8. The first kappa shape index (κ1) is 25.3. The number of carboxylic acids is 1. The number of rotatable bonds is 9. The van der Waals surface area contributed by atoms with Crippen LogP contribution in [0.1, 0.15) is 30.9 Å². The lowest BCUT2D eigenvalue weighted by molar-refractivity contribution is -0.157. The standard InChI is InChI=1S/C24H30N2O5S2/c1-3-24(23(28)29,14-13-18-7-5-4-6-8-18)22(27)26-20-21(32-16-15-25-20)33(30,31)19-11-9-17(2)10-12-19/h4-12,20-21,25H,3,13-16H2,1-2H3,(H,26,27)(H,28,29). The van der Waals surface area contributed by atoms with E-state index in [2.05, 4.69) is 10.6 Å². The number of benzene rings is 2. The highest BCUT2D eigenvalue weighted by Crippen LogP contribution is 2.32. The van der Waals surface area contributed by atoms with E-state index in [1.165, 1.54) is 11.8 Å². The molecule has 3 atom stereocenters. The maximum Gasteiger partial charge on any atom is 0.319 e. The topological polar surface area (TPSA) is 113 Å². The molecule has 2 aromatic carbocycles. The van der Waals surface area contributed by atoms with E-state index in [1.54, 1.807) is 31.2 Å². The molecule has 0 aliphatic carbocycles. The number of aliphatic carboxylic acids is 1. The van der Waals surface area contributed by atoms with E-state index < -0.39 is 37.9 Å². The van der Waals surface area contributed by atoms with Crippen molar-refractivity contribution in [3.8, 4) is 0 Å². The lowest BCUT2D eigenvalue weighted by atomic mass is 9.78. The van der Waals surface area contributed by atoms with Gasteiger partial charge in [-0.25, -0.2) is 8.42 Å². The van der Waals surface area contributed by atoms with Crippen LogP contribution in [0, 0.1) is 12.3 Å². The van der Waals surface area contributed by atoms with Crippen LogP contribution in [0.25, 0.3) is 0 Å². The molecule has 9 heteroatoms. The molecule has 3 rings (SSSR count). The summed E-state index contributed by atoms with van der Waals surface area (Å²) in [5.74, 6) is -1.31. The molecule has 1 saturated heterocycles. The van der Waals surface area contributed by atoms with E-state index in [-0.39, 0.29) is 17.7 Å². The van der Waals surface area contributed by atoms with E-state index in [9.17, 15) is 23.1 Å². The maximum absolute atomic E-state index is 13.3. The fourth-order valence-corrected chi connectivity index (χ4v) is 7.39. The van der Waals surface area contributed by atoms with Gasteiger partial charge < -0.3 is 10.4 Å². The van der Waals surface area contributed by atoms with Gasteiger partial charge in [0.1, 0.15) is 16.2 Å². The molecule has 1 fully saturated rings. The summed E-state index contributed by atoms with van der Waals surface area (Å²) in [5, 5.41) is 15.8. The van der Waals surface area contributed by atoms with Crippen LogP contribution in [0.2, 0.25) is 0 Å². The number of thioether (sulfide) groups is 1. The van der Waals surface area contributed by atoms with Gasteiger partial charge in [-0.1, -0.05) is 55.0 Å². The van der Waals surface area contributed by atoms with Gasteiger partial charge in [0.2, 0.25) is 5.91 Å². The highest BCUT2D eigenvalue weighted by Gasteiger charge is 2.47. The van der Waals surface area contributed by atoms with Crippen molar-refractivity contribution >= 4 is 33.5 Å². The van der Waals surface area contributed by atoms with Crippen LogP contribution in [-0.2, 0) is 25.8 Å². The number of sulfone groups is 1. The van der Waals surface area contributed by atoms with Gasteiger partial charge in [-0.3, -0.25) is 14.9 Å². The average Bonchev–Trinajstić information content (AvgIpc) is 2.81. The molecule has 0 spiro atoms. The number of carboxylic acid groups (broad SMARTS) is 1. The molecular weight excluding hydrogens is 460 g/mol. The first-order valence-corrected chi connectivity index (χ1v) is 13.5. The summed E-state index contributed by atoms with van der Waals surface area (Å²) in [7, 11) is -3.76. The molecule has 3 unspecified atom stereocenters. The maximum atomic E-state index is 13.3. The van der Waals surface area contributed by atoms with Crippen molar-refractivity contribution in [2.45, 2.75) is 48.8 Å². The molecule has 1 aliphatic rings. The summed E-state index contributed by atoms with van der Waals surface area (Å²) >= 11 is 1.24. The minimum atomic E-state index is -3.76. The van der Waals surface area contributed by atoms with Gasteiger partial charge in [-0.05, 0) is 43.9 Å². The summed E-state index contributed by atoms with van der Waals surface area (Å²) in [4.78, 5) is 25.8. The lowest BCUT2D eigenvalue weighted by Gasteiger charge is -2.35. The van der Waals surface area contributed by atoms with Crippen molar-refractivity contribution in [2.24, 2.45) is 5.41 Å². The summed E-state index contributed by atoms with van der Waals surface area (Å²) in [6.07, 6.45) is -0.267. The number of nitrogens with one attached hydrogen (secondary N) is 2. The summed E-state index contributed by atoms with van der Waals surface area (Å²) in [6.45, 7) is 4.05. The van der Waals surface area contributed by atoms with Gasteiger partial charge >= 0.3 is 5.97 Å². The second-order valence-electron chi connectivity index (χ2n) is 8.23. The molecule has 1 amide bonds. The minimum Gasteiger partial charge on any atom is -0.480 e. The molecule has 0 aromatic heterocycles. The van der Waals surface area contributed by atoms with Crippen molar-refractivity contribution in [3.05, 3.63) is 65.7 Å². The Morgan fingerprint density at radius 2 is 1.82 bits per heavy atom. The van der Waals surface area contributed by atoms with Crippen molar-refractivity contribution in [3.63, 3.8) is 0 Å². The number of hydrogen-bond donors (Lipinski definition) is 3. The molecule has 178 valence electrons. The normalized spacial score (nSPS) is 20.5. The number of carbonyl (C=O) groups excluding carboxylic acids is 1. The molecule has 2 aromatic rings. The molecule has 0 radical (unpaired) electrons. The van der Waals surface area contributed by atoms with Crippen LogP contribution >= 0.6 is 11.8 Å². The zero-order valence-corrected chi connectivity index (χ0v) is 20.4. The van der Waals surface area contributed by atoms with Crippen LogP contribution in [0.3, 0.4) is 0 Å². The molecule has 1 heterocycles. The summed E-state index contributed by atoms with van der Waals surface area (Å²) in [5.41, 5.74) is 0.231. The Hall–Kier alpha value is -2.36. The van der Waals surface area contributed by atoms with Gasteiger partial charge in [-0.2, -0.15) is 0 Å². The van der Waals surface area contributed by atoms with Crippen molar-refractivity contribution < 1.29 is 23.1 Å². The summed E-state index contributed by atoms with van der Waals surface area (Å²) < 4.78 is 25.7. The highest BCUT2D eigenvalue weighted by atomic mass is 32.3. The Bertz CT molecular complexity index is 1070. The number of amides is 1. The van der Waals surface area contributed by atoms with E-state index in [0.29, 0.717) is 18.7 Å². The van der Waals surface area contributed by atoms with Gasteiger partial charge in [-0.15, -0.1) is 11.8 Å². The Labute approximate surface area is 199 Å². The molecular formula is C24H30N2O5S2. The second-order valence-corrected chi connectivity index (χ2v) is 11.8. The van der Waals surface area contributed by atoms with Crippen molar-refractivity contribution in [1.82, 2.24) is 10.6 Å². The molecule has 7 nitrogen and oxygen atoms in total. The fraction of sp³-hybridized carbons (Fsp3) is 0.417. The molecule has 3 N–H and O–H groups in total. The Balaban J connectivity index is 1.83. The van der Waals surface area contributed by atoms with Gasteiger partial charge in [0.15, 0.2) is 9.84 Å². The minimum absolute atomic E-state index is 0.0935. The third kappa shape index (κ3) is 5.59. The SMILES string of the molecule is CCC(CCc1ccccc1)(C(=O)O)C(=O)NC1NCCSC1S(=O)(=O)c1ccc(C)cc1. The van der Waals surface area contributed by atoms with Crippen LogP contribution in [0.4, 0.5) is 0 Å². The van der Waals surface area contributed by atoms with Gasteiger partial charge in [0.25, 0.3) is 0 Å².